The molecule has 0 amide bonds. The van der Waals surface area contributed by atoms with Crippen molar-refractivity contribution in [1.82, 2.24) is 20.4 Å². The van der Waals surface area contributed by atoms with Crippen molar-refractivity contribution in [3.8, 4) is 17.2 Å². The van der Waals surface area contributed by atoms with E-state index in [0.717, 1.165) is 21.3 Å². The number of benzene rings is 2. The van der Waals surface area contributed by atoms with Crippen molar-refractivity contribution in [2.75, 3.05) is 12.4 Å². The Hall–Kier alpha value is -2.91. The quantitative estimate of drug-likeness (QED) is 0.416. The molecule has 4 aromatic rings. The monoisotopic (exact) mass is 411 g/mol. The highest BCUT2D eigenvalue weighted by Gasteiger charge is 2.18. The van der Waals surface area contributed by atoms with Crippen LogP contribution in [0.15, 0.2) is 63.4 Å². The highest BCUT2D eigenvalue weighted by molar-refractivity contribution is 8.01. The molecule has 0 radical (unpaired) electrons. The van der Waals surface area contributed by atoms with E-state index in [2.05, 4.69) is 25.7 Å². The molecule has 4 rings (SSSR count). The minimum absolute atomic E-state index is 0.0444. The molecule has 0 saturated heterocycles. The van der Waals surface area contributed by atoms with Crippen molar-refractivity contribution < 1.29 is 9.15 Å². The summed E-state index contributed by atoms with van der Waals surface area (Å²) in [6.07, 6.45) is 0. The summed E-state index contributed by atoms with van der Waals surface area (Å²) in [6.45, 7) is 2.00. The van der Waals surface area contributed by atoms with E-state index in [1.165, 1.54) is 23.1 Å². The predicted octanol–water partition coefficient (Wildman–Crippen LogP) is 5.19. The fraction of sp³-hybridized carbons (Fsp3) is 0.158. The van der Waals surface area contributed by atoms with Crippen molar-refractivity contribution in [2.45, 2.75) is 16.5 Å². The number of aromatic nitrogens is 4. The molecule has 9 heteroatoms. The summed E-state index contributed by atoms with van der Waals surface area (Å²) in [7, 11) is 1.64. The van der Waals surface area contributed by atoms with Gasteiger partial charge in [0.05, 0.1) is 18.0 Å². The first kappa shape index (κ1) is 18.5. The standard InChI is InChI=1S/C19H17N5O2S2/c1-12(16-21-22-17(26-16)13-8-4-3-5-9-13)27-19-24-23-18(28-19)20-14-10-6-7-11-15(14)25-2/h3-12H,1-2H3,(H,20,23)/t12-/m0/s1. The molecule has 1 atom stereocenters. The highest BCUT2D eigenvalue weighted by atomic mass is 32.2. The number of methoxy groups -OCH3 is 1. The summed E-state index contributed by atoms with van der Waals surface area (Å²) >= 11 is 2.98. The fourth-order valence-corrected chi connectivity index (χ4v) is 4.41. The average Bonchev–Trinajstić information content (AvgIpc) is 3.39. The molecular formula is C19H17N5O2S2. The molecule has 0 fully saturated rings. The maximum atomic E-state index is 5.82. The molecule has 2 aromatic carbocycles. The molecule has 0 saturated carbocycles. The number of rotatable bonds is 7. The Kier molecular flexibility index (Phi) is 5.54. The van der Waals surface area contributed by atoms with Gasteiger partial charge in [-0.05, 0) is 31.2 Å². The third-order valence-electron chi connectivity index (χ3n) is 3.84. The molecular weight excluding hydrogens is 394 g/mol. The lowest BCUT2D eigenvalue weighted by molar-refractivity contribution is 0.417. The summed E-state index contributed by atoms with van der Waals surface area (Å²) in [6, 6.07) is 17.4. The second-order valence-electron chi connectivity index (χ2n) is 5.77. The normalized spacial score (nSPS) is 11.9. The van der Waals surface area contributed by atoms with Crippen molar-refractivity contribution >= 4 is 33.9 Å². The summed E-state index contributed by atoms with van der Waals surface area (Å²) in [5.41, 5.74) is 1.74. The Labute approximate surface area is 170 Å². The first-order valence-corrected chi connectivity index (χ1v) is 10.2. The Bertz CT molecular complexity index is 1050. The maximum Gasteiger partial charge on any atom is 0.247 e. The number of hydrogen-bond donors (Lipinski definition) is 1. The van der Waals surface area contributed by atoms with Gasteiger partial charge < -0.3 is 14.5 Å². The average molecular weight is 412 g/mol. The van der Waals surface area contributed by atoms with Crippen LogP contribution < -0.4 is 10.1 Å². The van der Waals surface area contributed by atoms with Gasteiger partial charge in [0.15, 0.2) is 4.34 Å². The Balaban J connectivity index is 1.43. The smallest absolute Gasteiger partial charge is 0.247 e. The molecule has 0 aliphatic heterocycles. The van der Waals surface area contributed by atoms with Gasteiger partial charge in [-0.25, -0.2) is 0 Å². The number of nitrogens with zero attached hydrogens (tertiary/aromatic N) is 4. The molecule has 28 heavy (non-hydrogen) atoms. The van der Waals surface area contributed by atoms with E-state index in [9.17, 15) is 0 Å². The van der Waals surface area contributed by atoms with Crippen LogP contribution in [0.25, 0.3) is 11.5 Å². The van der Waals surface area contributed by atoms with Gasteiger partial charge in [0, 0.05) is 5.56 Å². The van der Waals surface area contributed by atoms with Gasteiger partial charge in [-0.15, -0.1) is 20.4 Å². The van der Waals surface area contributed by atoms with E-state index in [1.54, 1.807) is 7.11 Å². The van der Waals surface area contributed by atoms with Gasteiger partial charge in [0.2, 0.25) is 16.9 Å². The molecule has 7 nitrogen and oxygen atoms in total. The van der Waals surface area contributed by atoms with Crippen LogP contribution in [-0.2, 0) is 0 Å². The SMILES string of the molecule is COc1ccccc1Nc1nnc(S[C@@H](C)c2nnc(-c3ccccc3)o2)s1. The highest BCUT2D eigenvalue weighted by Crippen LogP contribution is 2.38. The fourth-order valence-electron chi connectivity index (χ4n) is 2.47. The molecule has 2 heterocycles. The predicted molar refractivity (Wildman–Crippen MR) is 110 cm³/mol. The maximum absolute atomic E-state index is 5.82. The number of anilines is 2. The molecule has 1 N–H and O–H groups in total. The summed E-state index contributed by atoms with van der Waals surface area (Å²) < 4.78 is 12.0. The van der Waals surface area contributed by atoms with Crippen molar-refractivity contribution in [3.05, 3.63) is 60.5 Å². The summed E-state index contributed by atoms with van der Waals surface area (Å²) in [4.78, 5) is 0. The number of hydrogen-bond acceptors (Lipinski definition) is 9. The van der Waals surface area contributed by atoms with Gasteiger partial charge in [-0.1, -0.05) is 53.4 Å². The zero-order chi connectivity index (χ0) is 19.3. The van der Waals surface area contributed by atoms with E-state index in [4.69, 9.17) is 9.15 Å². The van der Waals surface area contributed by atoms with Crippen LogP contribution in [0.3, 0.4) is 0 Å². The zero-order valence-corrected chi connectivity index (χ0v) is 16.8. The zero-order valence-electron chi connectivity index (χ0n) is 15.2. The van der Waals surface area contributed by atoms with Crippen LogP contribution in [-0.4, -0.2) is 27.5 Å². The topological polar surface area (TPSA) is 86.0 Å². The molecule has 0 aliphatic carbocycles. The van der Waals surface area contributed by atoms with Gasteiger partial charge in [0.25, 0.3) is 0 Å². The van der Waals surface area contributed by atoms with Gasteiger partial charge in [-0.2, -0.15) is 0 Å². The van der Waals surface area contributed by atoms with Crippen LogP contribution in [0.4, 0.5) is 10.8 Å². The molecule has 2 aromatic heterocycles. The van der Waals surface area contributed by atoms with E-state index in [0.29, 0.717) is 16.9 Å². The lowest BCUT2D eigenvalue weighted by atomic mass is 10.2. The van der Waals surface area contributed by atoms with Crippen molar-refractivity contribution in [3.63, 3.8) is 0 Å². The van der Waals surface area contributed by atoms with Gasteiger partial charge in [-0.3, -0.25) is 0 Å². The number of ether oxygens (including phenoxy) is 1. The van der Waals surface area contributed by atoms with Gasteiger partial charge in [0.1, 0.15) is 5.75 Å². The number of nitrogens with one attached hydrogen (secondary N) is 1. The van der Waals surface area contributed by atoms with E-state index in [1.807, 2.05) is 61.5 Å². The number of para-hydroxylation sites is 2. The summed E-state index contributed by atoms with van der Waals surface area (Å²) in [5.74, 6) is 1.82. The van der Waals surface area contributed by atoms with Crippen molar-refractivity contribution in [1.29, 1.82) is 0 Å². The minimum atomic E-state index is -0.0444. The first-order chi connectivity index (χ1) is 13.7. The largest absolute Gasteiger partial charge is 0.495 e. The van der Waals surface area contributed by atoms with Crippen molar-refractivity contribution in [2.24, 2.45) is 0 Å². The number of thioether (sulfide) groups is 1. The van der Waals surface area contributed by atoms with Gasteiger partial charge >= 0.3 is 0 Å². The Morgan fingerprint density at radius 2 is 1.79 bits per heavy atom. The molecule has 0 spiro atoms. The van der Waals surface area contributed by atoms with Crippen LogP contribution in [0.2, 0.25) is 0 Å². The van der Waals surface area contributed by atoms with E-state index in [-0.39, 0.29) is 5.25 Å². The third-order valence-corrected chi connectivity index (χ3v) is 5.85. The first-order valence-electron chi connectivity index (χ1n) is 8.52. The third kappa shape index (κ3) is 4.15. The van der Waals surface area contributed by atoms with Crippen LogP contribution in [0, 0.1) is 0 Å². The lowest BCUT2D eigenvalue weighted by Crippen LogP contribution is -1.93. The van der Waals surface area contributed by atoms with E-state index >= 15 is 0 Å². The Morgan fingerprint density at radius 1 is 1.00 bits per heavy atom. The molecule has 142 valence electrons. The van der Waals surface area contributed by atoms with E-state index < -0.39 is 0 Å². The minimum Gasteiger partial charge on any atom is -0.495 e. The second kappa shape index (κ2) is 8.41. The Morgan fingerprint density at radius 3 is 2.61 bits per heavy atom. The second-order valence-corrected chi connectivity index (χ2v) is 8.34. The van der Waals surface area contributed by atoms with Crippen LogP contribution in [0.1, 0.15) is 18.1 Å². The van der Waals surface area contributed by atoms with Crippen LogP contribution in [0.5, 0.6) is 5.75 Å². The molecule has 0 bridgehead atoms. The molecule has 0 unspecified atom stereocenters. The van der Waals surface area contributed by atoms with Crippen LogP contribution >= 0.6 is 23.1 Å². The molecule has 0 aliphatic rings. The summed E-state index contributed by atoms with van der Waals surface area (Å²) in [5, 5.41) is 20.6. The lowest BCUT2D eigenvalue weighted by Gasteiger charge is -2.07.